The molecule has 0 aliphatic heterocycles. The standard InChI is InChI=1S/C25H21NO5S/c1-15-12-13-21(32(3,29)30)20(14-15)26-25(28)19-11-7-10-18-22(27)16(2)23(31-24(18)19)17-8-5-4-6-9-17/h4-14H,1-3H3,(H,26,28). The number of amides is 1. The van der Waals surface area contributed by atoms with Crippen molar-refractivity contribution < 1.29 is 17.6 Å². The minimum absolute atomic E-state index is 0.0129. The van der Waals surface area contributed by atoms with Crippen LogP contribution in [0.3, 0.4) is 0 Å². The van der Waals surface area contributed by atoms with E-state index in [9.17, 15) is 18.0 Å². The number of sulfone groups is 1. The third-order valence-electron chi connectivity index (χ3n) is 5.21. The van der Waals surface area contributed by atoms with Crippen LogP contribution in [-0.2, 0) is 9.84 Å². The van der Waals surface area contributed by atoms with Gasteiger partial charge in [0.05, 0.1) is 21.5 Å². The number of hydrogen-bond acceptors (Lipinski definition) is 5. The van der Waals surface area contributed by atoms with E-state index in [1.165, 1.54) is 6.07 Å². The lowest BCUT2D eigenvalue weighted by molar-refractivity contribution is 0.102. The van der Waals surface area contributed by atoms with Crippen molar-refractivity contribution in [1.29, 1.82) is 0 Å². The zero-order valence-corrected chi connectivity index (χ0v) is 18.6. The van der Waals surface area contributed by atoms with Gasteiger partial charge in [-0.2, -0.15) is 0 Å². The van der Waals surface area contributed by atoms with E-state index < -0.39 is 15.7 Å². The second-order valence-electron chi connectivity index (χ2n) is 7.66. The van der Waals surface area contributed by atoms with E-state index in [2.05, 4.69) is 5.32 Å². The first-order chi connectivity index (χ1) is 15.2. The van der Waals surface area contributed by atoms with E-state index in [4.69, 9.17) is 4.42 Å². The van der Waals surface area contributed by atoms with Crippen molar-refractivity contribution in [2.45, 2.75) is 18.7 Å². The lowest BCUT2D eigenvalue weighted by atomic mass is 10.0. The van der Waals surface area contributed by atoms with Crippen LogP contribution in [0, 0.1) is 13.8 Å². The number of para-hydroxylation sites is 1. The average Bonchev–Trinajstić information content (AvgIpc) is 2.75. The van der Waals surface area contributed by atoms with E-state index in [1.807, 2.05) is 30.3 Å². The number of carbonyl (C=O) groups is 1. The number of fused-ring (bicyclic) bond motifs is 1. The lowest BCUT2D eigenvalue weighted by Crippen LogP contribution is -2.16. The van der Waals surface area contributed by atoms with Gasteiger partial charge in [-0.3, -0.25) is 9.59 Å². The predicted octanol–water partition coefficient (Wildman–Crippen LogP) is 4.73. The van der Waals surface area contributed by atoms with Crippen LogP contribution >= 0.6 is 0 Å². The molecule has 1 amide bonds. The monoisotopic (exact) mass is 447 g/mol. The topological polar surface area (TPSA) is 93.5 Å². The summed E-state index contributed by atoms with van der Waals surface area (Å²) in [6, 6.07) is 18.6. The third-order valence-corrected chi connectivity index (χ3v) is 6.36. The second-order valence-corrected chi connectivity index (χ2v) is 9.64. The summed E-state index contributed by atoms with van der Waals surface area (Å²) in [6.07, 6.45) is 1.08. The van der Waals surface area contributed by atoms with Crippen molar-refractivity contribution in [2.75, 3.05) is 11.6 Å². The average molecular weight is 448 g/mol. The SMILES string of the molecule is Cc1ccc(S(C)(=O)=O)c(NC(=O)c2cccc3c(=O)c(C)c(-c4ccccc4)oc23)c1. The molecule has 1 heterocycles. The first-order valence-electron chi connectivity index (χ1n) is 9.90. The van der Waals surface area contributed by atoms with Crippen LogP contribution in [0.1, 0.15) is 21.5 Å². The quantitative estimate of drug-likeness (QED) is 0.488. The molecular weight excluding hydrogens is 426 g/mol. The van der Waals surface area contributed by atoms with Crippen LogP contribution in [0.15, 0.2) is 80.8 Å². The maximum atomic E-state index is 13.2. The van der Waals surface area contributed by atoms with Crippen LogP contribution in [0.25, 0.3) is 22.3 Å². The first kappa shape index (κ1) is 21.5. The maximum absolute atomic E-state index is 13.2. The fourth-order valence-corrected chi connectivity index (χ4v) is 4.43. The van der Waals surface area contributed by atoms with Gasteiger partial charge in [0.1, 0.15) is 5.76 Å². The molecule has 162 valence electrons. The molecule has 3 aromatic carbocycles. The van der Waals surface area contributed by atoms with Crippen LogP contribution in [0.5, 0.6) is 0 Å². The summed E-state index contributed by atoms with van der Waals surface area (Å²) in [5.41, 5.74) is 2.18. The second kappa shape index (κ2) is 8.09. The molecule has 0 atom stereocenters. The number of hydrogen-bond donors (Lipinski definition) is 1. The Kier molecular flexibility index (Phi) is 5.44. The molecule has 0 aliphatic rings. The first-order valence-corrected chi connectivity index (χ1v) is 11.8. The van der Waals surface area contributed by atoms with Gasteiger partial charge in [-0.25, -0.2) is 8.42 Å². The number of nitrogens with one attached hydrogen (secondary N) is 1. The van der Waals surface area contributed by atoms with Gasteiger partial charge >= 0.3 is 0 Å². The van der Waals surface area contributed by atoms with Gasteiger partial charge < -0.3 is 9.73 Å². The number of benzene rings is 3. The fourth-order valence-electron chi connectivity index (χ4n) is 3.61. The van der Waals surface area contributed by atoms with Gasteiger partial charge in [0.15, 0.2) is 20.8 Å². The van der Waals surface area contributed by atoms with E-state index >= 15 is 0 Å². The zero-order valence-electron chi connectivity index (χ0n) is 17.8. The predicted molar refractivity (Wildman–Crippen MR) is 125 cm³/mol. The Hall–Kier alpha value is -3.71. The summed E-state index contributed by atoms with van der Waals surface area (Å²) in [7, 11) is -3.56. The molecule has 0 saturated heterocycles. The zero-order chi connectivity index (χ0) is 23.0. The summed E-state index contributed by atoms with van der Waals surface area (Å²) in [4.78, 5) is 26.2. The normalized spacial score (nSPS) is 11.5. The van der Waals surface area contributed by atoms with Gasteiger partial charge in [-0.15, -0.1) is 0 Å². The molecule has 0 aliphatic carbocycles. The van der Waals surface area contributed by atoms with Crippen molar-refractivity contribution in [3.63, 3.8) is 0 Å². The molecule has 0 fully saturated rings. The fraction of sp³-hybridized carbons (Fsp3) is 0.120. The molecule has 4 rings (SSSR count). The molecule has 7 heteroatoms. The van der Waals surface area contributed by atoms with Crippen molar-refractivity contribution in [3.05, 3.63) is 93.6 Å². The number of carbonyl (C=O) groups excluding carboxylic acids is 1. The van der Waals surface area contributed by atoms with E-state index in [0.717, 1.165) is 17.4 Å². The Bertz CT molecular complexity index is 1520. The van der Waals surface area contributed by atoms with Crippen LogP contribution in [0.2, 0.25) is 0 Å². The minimum atomic E-state index is -3.56. The molecule has 6 nitrogen and oxygen atoms in total. The molecule has 0 saturated carbocycles. The van der Waals surface area contributed by atoms with Gasteiger partial charge in [0.2, 0.25) is 0 Å². The minimum Gasteiger partial charge on any atom is -0.455 e. The molecule has 0 radical (unpaired) electrons. The lowest BCUT2D eigenvalue weighted by Gasteiger charge is -2.13. The van der Waals surface area contributed by atoms with Crippen molar-refractivity contribution >= 4 is 32.4 Å². The molecule has 32 heavy (non-hydrogen) atoms. The van der Waals surface area contributed by atoms with E-state index in [0.29, 0.717) is 11.3 Å². The van der Waals surface area contributed by atoms with Crippen LogP contribution in [-0.4, -0.2) is 20.6 Å². The summed E-state index contributed by atoms with van der Waals surface area (Å²) in [5, 5.41) is 2.96. The van der Waals surface area contributed by atoms with Gasteiger partial charge in [0.25, 0.3) is 5.91 Å². The summed E-state index contributed by atoms with van der Waals surface area (Å²) in [6.45, 7) is 3.49. The Balaban J connectivity index is 1.88. The highest BCUT2D eigenvalue weighted by molar-refractivity contribution is 7.90. The highest BCUT2D eigenvalue weighted by Crippen LogP contribution is 2.29. The number of aryl methyl sites for hydroxylation is 1. The van der Waals surface area contributed by atoms with Gasteiger partial charge in [-0.05, 0) is 43.7 Å². The Morgan fingerprint density at radius 3 is 2.34 bits per heavy atom. The summed E-state index contributed by atoms with van der Waals surface area (Å²) in [5.74, 6) is -0.187. The van der Waals surface area contributed by atoms with E-state index in [-0.39, 0.29) is 32.5 Å². The molecule has 1 aromatic heterocycles. The third kappa shape index (κ3) is 3.94. The van der Waals surface area contributed by atoms with Crippen molar-refractivity contribution in [1.82, 2.24) is 0 Å². The van der Waals surface area contributed by atoms with Crippen molar-refractivity contribution in [2.24, 2.45) is 0 Å². The molecular formula is C25H21NO5S. The summed E-state index contributed by atoms with van der Waals surface area (Å²) < 4.78 is 30.4. The molecule has 0 bridgehead atoms. The smallest absolute Gasteiger partial charge is 0.259 e. The van der Waals surface area contributed by atoms with Gasteiger partial charge in [-0.1, -0.05) is 42.5 Å². The Morgan fingerprint density at radius 1 is 0.938 bits per heavy atom. The van der Waals surface area contributed by atoms with Crippen LogP contribution in [0.4, 0.5) is 5.69 Å². The van der Waals surface area contributed by atoms with Crippen molar-refractivity contribution in [3.8, 4) is 11.3 Å². The highest BCUT2D eigenvalue weighted by atomic mass is 32.2. The molecule has 4 aromatic rings. The Labute approximate surface area is 185 Å². The molecule has 1 N–H and O–H groups in total. The van der Waals surface area contributed by atoms with Crippen LogP contribution < -0.4 is 10.7 Å². The molecule has 0 spiro atoms. The number of anilines is 1. The molecule has 0 unspecified atom stereocenters. The van der Waals surface area contributed by atoms with E-state index in [1.54, 1.807) is 44.2 Å². The largest absolute Gasteiger partial charge is 0.455 e. The Morgan fingerprint density at radius 2 is 1.66 bits per heavy atom. The summed E-state index contributed by atoms with van der Waals surface area (Å²) >= 11 is 0. The highest BCUT2D eigenvalue weighted by Gasteiger charge is 2.21. The number of rotatable bonds is 4. The maximum Gasteiger partial charge on any atom is 0.259 e. The van der Waals surface area contributed by atoms with Gasteiger partial charge in [0, 0.05) is 17.4 Å².